The molecule has 0 unspecified atom stereocenters. The zero-order valence-electron chi connectivity index (χ0n) is 18.9. The molecule has 0 aliphatic carbocycles. The fourth-order valence-electron chi connectivity index (χ4n) is 3.48. The Morgan fingerprint density at radius 1 is 1.00 bits per heavy atom. The lowest BCUT2D eigenvalue weighted by atomic mass is 10.1. The van der Waals surface area contributed by atoms with Crippen LogP contribution in [0.2, 0.25) is 0 Å². The number of sulfonamides is 1. The summed E-state index contributed by atoms with van der Waals surface area (Å²) in [6.45, 7) is 1.86. The molecule has 1 aromatic heterocycles. The van der Waals surface area contributed by atoms with E-state index in [1.54, 1.807) is 24.3 Å². The van der Waals surface area contributed by atoms with E-state index >= 15 is 0 Å². The third-order valence-electron chi connectivity index (χ3n) is 5.26. The van der Waals surface area contributed by atoms with Crippen LogP contribution in [-0.4, -0.2) is 14.4 Å². The molecular formula is C27H23NO6S. The highest BCUT2D eigenvalue weighted by molar-refractivity contribution is 7.95. The van der Waals surface area contributed by atoms with E-state index in [1.807, 2.05) is 37.3 Å². The Bertz CT molecular complexity index is 1560. The lowest BCUT2D eigenvalue weighted by Gasteiger charge is -2.09. The number of anilines is 1. The Kier molecular flexibility index (Phi) is 7.12. The summed E-state index contributed by atoms with van der Waals surface area (Å²) in [6, 6.07) is 21.9. The predicted molar refractivity (Wildman–Crippen MR) is 135 cm³/mol. The molecule has 0 atom stereocenters. The Morgan fingerprint density at radius 2 is 1.80 bits per heavy atom. The van der Waals surface area contributed by atoms with E-state index in [-0.39, 0.29) is 17.9 Å². The maximum atomic E-state index is 12.7. The number of nitrogens with one attached hydrogen (secondary N) is 1. The Morgan fingerprint density at radius 3 is 2.57 bits per heavy atom. The van der Waals surface area contributed by atoms with Crippen LogP contribution in [0.3, 0.4) is 0 Å². The summed E-state index contributed by atoms with van der Waals surface area (Å²) in [5.41, 5.74) is 2.57. The normalized spacial score (nSPS) is 11.6. The van der Waals surface area contributed by atoms with Crippen molar-refractivity contribution in [3.63, 3.8) is 0 Å². The van der Waals surface area contributed by atoms with Crippen LogP contribution in [0.15, 0.2) is 93.5 Å². The highest BCUT2D eigenvalue weighted by Gasteiger charge is 2.13. The molecule has 0 fully saturated rings. The van der Waals surface area contributed by atoms with Crippen molar-refractivity contribution in [3.8, 4) is 0 Å². The summed E-state index contributed by atoms with van der Waals surface area (Å²) >= 11 is 0. The summed E-state index contributed by atoms with van der Waals surface area (Å²) in [4.78, 5) is 24.6. The quantitative estimate of drug-likeness (QED) is 0.272. The number of aryl methyl sites for hydroxylation is 1. The van der Waals surface area contributed by atoms with Gasteiger partial charge in [0.25, 0.3) is 10.0 Å². The number of carbonyl (C=O) groups is 1. The number of ether oxygens (including phenoxy) is 1. The lowest BCUT2D eigenvalue weighted by Crippen LogP contribution is -2.11. The van der Waals surface area contributed by atoms with Gasteiger partial charge < -0.3 is 9.15 Å². The number of fused-ring (bicyclic) bond motifs is 1. The molecule has 3 aromatic carbocycles. The van der Waals surface area contributed by atoms with Crippen LogP contribution in [0.25, 0.3) is 17.0 Å². The van der Waals surface area contributed by atoms with Crippen LogP contribution in [0.1, 0.15) is 34.0 Å². The van der Waals surface area contributed by atoms with Gasteiger partial charge in [-0.2, -0.15) is 0 Å². The van der Waals surface area contributed by atoms with Crippen molar-refractivity contribution in [3.05, 3.63) is 117 Å². The first-order valence-electron chi connectivity index (χ1n) is 10.9. The minimum absolute atomic E-state index is 0.137. The number of benzene rings is 3. The second-order valence-corrected chi connectivity index (χ2v) is 9.36. The molecule has 0 saturated carbocycles. The van der Waals surface area contributed by atoms with Crippen LogP contribution in [0.5, 0.6) is 0 Å². The SMILES string of the molecule is CCc1ccc2c(COC(=O)c3cccc(NS(=O)(=O)/C=C/c4ccccc4)c3)cc(=O)oc2c1. The van der Waals surface area contributed by atoms with Gasteiger partial charge in [0, 0.05) is 22.7 Å². The van der Waals surface area contributed by atoms with Crippen LogP contribution in [-0.2, 0) is 27.8 Å². The molecule has 178 valence electrons. The Labute approximate surface area is 202 Å². The van der Waals surface area contributed by atoms with Gasteiger partial charge in [0.1, 0.15) is 12.2 Å². The second-order valence-electron chi connectivity index (χ2n) is 7.79. The molecule has 8 heteroatoms. The third kappa shape index (κ3) is 6.24. The van der Waals surface area contributed by atoms with Gasteiger partial charge in [0.05, 0.1) is 11.0 Å². The van der Waals surface area contributed by atoms with Crippen molar-refractivity contribution in [1.82, 2.24) is 0 Å². The van der Waals surface area contributed by atoms with Crippen molar-refractivity contribution in [2.24, 2.45) is 0 Å². The summed E-state index contributed by atoms with van der Waals surface area (Å²) < 4.78 is 37.9. The zero-order valence-corrected chi connectivity index (χ0v) is 19.7. The Hall–Kier alpha value is -4.17. The molecule has 7 nitrogen and oxygen atoms in total. The predicted octanol–water partition coefficient (Wildman–Crippen LogP) is 5.13. The molecule has 4 aromatic rings. The smallest absolute Gasteiger partial charge is 0.338 e. The Balaban J connectivity index is 1.47. The summed E-state index contributed by atoms with van der Waals surface area (Å²) in [5, 5.41) is 1.74. The van der Waals surface area contributed by atoms with Gasteiger partial charge in [-0.25, -0.2) is 18.0 Å². The molecule has 0 radical (unpaired) electrons. The zero-order chi connectivity index (χ0) is 24.8. The number of esters is 1. The summed E-state index contributed by atoms with van der Waals surface area (Å²) in [5.74, 6) is -0.655. The van der Waals surface area contributed by atoms with Gasteiger partial charge in [0.2, 0.25) is 0 Å². The third-order valence-corrected chi connectivity index (χ3v) is 6.27. The molecular weight excluding hydrogens is 466 g/mol. The minimum Gasteiger partial charge on any atom is -0.457 e. The largest absolute Gasteiger partial charge is 0.457 e. The van der Waals surface area contributed by atoms with Gasteiger partial charge in [-0.1, -0.05) is 55.5 Å². The van der Waals surface area contributed by atoms with Crippen LogP contribution in [0.4, 0.5) is 5.69 Å². The molecule has 0 aliphatic rings. The molecule has 0 aliphatic heterocycles. The lowest BCUT2D eigenvalue weighted by molar-refractivity contribution is 0.0474. The second kappa shape index (κ2) is 10.4. The highest BCUT2D eigenvalue weighted by Crippen LogP contribution is 2.21. The van der Waals surface area contributed by atoms with Gasteiger partial charge in [0.15, 0.2) is 0 Å². The maximum absolute atomic E-state index is 12.7. The first-order valence-corrected chi connectivity index (χ1v) is 12.5. The molecule has 1 N–H and O–H groups in total. The molecule has 4 rings (SSSR count). The topological polar surface area (TPSA) is 103 Å². The number of rotatable bonds is 8. The van der Waals surface area contributed by atoms with E-state index in [0.717, 1.165) is 23.0 Å². The first kappa shape index (κ1) is 24.0. The van der Waals surface area contributed by atoms with E-state index in [0.29, 0.717) is 16.5 Å². The van der Waals surface area contributed by atoms with E-state index in [4.69, 9.17) is 9.15 Å². The van der Waals surface area contributed by atoms with Crippen LogP contribution in [0, 0.1) is 0 Å². The van der Waals surface area contributed by atoms with Crippen LogP contribution >= 0.6 is 0 Å². The van der Waals surface area contributed by atoms with E-state index in [9.17, 15) is 18.0 Å². The molecule has 0 saturated heterocycles. The number of carbonyl (C=O) groups excluding carboxylic acids is 1. The first-order chi connectivity index (χ1) is 16.8. The van der Waals surface area contributed by atoms with Crippen molar-refractivity contribution < 1.29 is 22.4 Å². The fraction of sp³-hybridized carbons (Fsp3) is 0.111. The van der Waals surface area contributed by atoms with Gasteiger partial charge >= 0.3 is 11.6 Å². The average Bonchev–Trinajstić information content (AvgIpc) is 2.86. The average molecular weight is 490 g/mol. The van der Waals surface area contributed by atoms with E-state index < -0.39 is 21.6 Å². The summed E-state index contributed by atoms with van der Waals surface area (Å²) in [6.07, 6.45) is 2.27. The summed E-state index contributed by atoms with van der Waals surface area (Å²) in [7, 11) is -3.79. The monoisotopic (exact) mass is 489 g/mol. The molecule has 1 heterocycles. The van der Waals surface area contributed by atoms with Crippen molar-refractivity contribution >= 4 is 38.7 Å². The van der Waals surface area contributed by atoms with Gasteiger partial charge in [-0.05, 0) is 47.9 Å². The van der Waals surface area contributed by atoms with Crippen molar-refractivity contribution in [2.75, 3.05) is 4.72 Å². The van der Waals surface area contributed by atoms with E-state index in [1.165, 1.54) is 30.3 Å². The minimum atomic E-state index is -3.79. The van der Waals surface area contributed by atoms with Gasteiger partial charge in [-0.3, -0.25) is 4.72 Å². The maximum Gasteiger partial charge on any atom is 0.338 e. The van der Waals surface area contributed by atoms with E-state index in [2.05, 4.69) is 4.72 Å². The van der Waals surface area contributed by atoms with Crippen molar-refractivity contribution in [2.45, 2.75) is 20.0 Å². The van der Waals surface area contributed by atoms with Crippen LogP contribution < -0.4 is 10.3 Å². The fourth-order valence-corrected chi connectivity index (χ4v) is 4.34. The molecule has 0 amide bonds. The number of hydrogen-bond acceptors (Lipinski definition) is 6. The molecule has 0 spiro atoms. The standard InChI is InChI=1S/C27H23NO6S/c1-2-19-11-12-24-22(17-26(29)34-25(24)15-19)18-33-27(30)21-9-6-10-23(16-21)28-35(31,32)14-13-20-7-4-3-5-8-20/h3-17,28H,2,18H2,1H3/b14-13+. The highest BCUT2D eigenvalue weighted by atomic mass is 32.2. The van der Waals surface area contributed by atoms with Gasteiger partial charge in [-0.15, -0.1) is 0 Å². The van der Waals surface area contributed by atoms with Crippen molar-refractivity contribution in [1.29, 1.82) is 0 Å². The molecule has 0 bridgehead atoms. The molecule has 35 heavy (non-hydrogen) atoms. The number of hydrogen-bond donors (Lipinski definition) is 1.